The minimum atomic E-state index is -4.19. The van der Waals surface area contributed by atoms with Gasteiger partial charge in [-0.3, -0.25) is 4.79 Å². The summed E-state index contributed by atoms with van der Waals surface area (Å²) in [5.41, 5.74) is 0.674. The number of aliphatic carboxylic acids is 1. The van der Waals surface area contributed by atoms with Crippen LogP contribution in [0.4, 0.5) is 0 Å². The molecule has 0 atom stereocenters. The number of fused-ring (bicyclic) bond motifs is 1. The summed E-state index contributed by atoms with van der Waals surface area (Å²) >= 11 is 6.03. The van der Waals surface area contributed by atoms with Crippen LogP contribution >= 0.6 is 11.6 Å². The van der Waals surface area contributed by atoms with Gasteiger partial charge in [0.15, 0.2) is 0 Å². The molecule has 0 amide bonds. The van der Waals surface area contributed by atoms with Crippen molar-refractivity contribution >= 4 is 44.2 Å². The molecule has 0 bridgehead atoms. The lowest BCUT2D eigenvalue weighted by Gasteiger charge is -2.13. The van der Waals surface area contributed by atoms with E-state index in [-0.39, 0.29) is 28.6 Å². The van der Waals surface area contributed by atoms with Gasteiger partial charge in [0.05, 0.1) is 17.8 Å². The summed E-state index contributed by atoms with van der Waals surface area (Å²) in [4.78, 5) is 10.6. The van der Waals surface area contributed by atoms with Gasteiger partial charge in [-0.25, -0.2) is 12.4 Å². The normalized spacial score (nSPS) is 12.6. The predicted octanol–water partition coefficient (Wildman–Crippen LogP) is 2.90. The number of hydrogen-bond acceptors (Lipinski definition) is 6. The Morgan fingerprint density at radius 3 is 2.61 bits per heavy atom. The Morgan fingerprint density at radius 1 is 1.39 bits per heavy atom. The molecular formula is C18H22ClN3O5S. The fourth-order valence-corrected chi connectivity index (χ4v) is 4.86. The molecule has 1 heterocycles. The van der Waals surface area contributed by atoms with Crippen molar-refractivity contribution in [3.05, 3.63) is 40.0 Å². The quantitative estimate of drug-likeness (QED) is 0.418. The largest absolute Gasteiger partial charge is 0.494 e. The number of carboxylic acids is 1. The van der Waals surface area contributed by atoms with Gasteiger partial charge < -0.3 is 20.6 Å². The maximum Gasteiger partial charge on any atom is 0.303 e. The molecule has 152 valence electrons. The Bertz CT molecular complexity index is 1060. The number of nitrogens with zero attached hydrogens (tertiary/aromatic N) is 1. The molecule has 0 radical (unpaired) electrons. The summed E-state index contributed by atoms with van der Waals surface area (Å²) in [6.07, 6.45) is 1.37. The number of rotatable bonds is 9. The molecule has 3 N–H and O–H groups in total. The number of benzene rings is 1. The first-order valence-corrected chi connectivity index (χ1v) is 10.3. The van der Waals surface area contributed by atoms with E-state index in [2.05, 4.69) is 5.32 Å². The number of allylic oxidation sites excluding steroid dienone is 1. The topological polar surface area (TPSA) is 121 Å². The number of halogens is 1. The van der Waals surface area contributed by atoms with Crippen LogP contribution in [-0.2, 0) is 21.2 Å². The Hall–Kier alpha value is -2.52. The fraction of sp³-hybridized carbons (Fsp3) is 0.333. The third kappa shape index (κ3) is 4.31. The van der Waals surface area contributed by atoms with E-state index in [9.17, 15) is 13.2 Å². The van der Waals surface area contributed by atoms with Gasteiger partial charge in [-0.15, -0.1) is 0 Å². The minimum Gasteiger partial charge on any atom is -0.494 e. The molecule has 1 aromatic heterocycles. The van der Waals surface area contributed by atoms with Crippen molar-refractivity contribution in [3.63, 3.8) is 0 Å². The molecule has 8 nitrogen and oxygen atoms in total. The first-order valence-electron chi connectivity index (χ1n) is 8.50. The van der Waals surface area contributed by atoms with Gasteiger partial charge in [0.25, 0.3) is 10.0 Å². The van der Waals surface area contributed by atoms with Crippen molar-refractivity contribution in [2.24, 2.45) is 0 Å². The highest BCUT2D eigenvalue weighted by molar-refractivity contribution is 7.95. The monoisotopic (exact) mass is 427 g/mol. The number of hydrogen-bond donors (Lipinski definition) is 3. The summed E-state index contributed by atoms with van der Waals surface area (Å²) < 4.78 is 33.0. The lowest BCUT2D eigenvalue weighted by molar-refractivity contribution is -0.136. The highest BCUT2D eigenvalue weighted by Crippen LogP contribution is 2.31. The Kier molecular flexibility index (Phi) is 6.73. The summed E-state index contributed by atoms with van der Waals surface area (Å²) in [6.45, 7) is 3.60. The zero-order chi connectivity index (χ0) is 21.1. The first-order chi connectivity index (χ1) is 13.1. The lowest BCUT2D eigenvalue weighted by atomic mass is 10.1. The summed E-state index contributed by atoms with van der Waals surface area (Å²) in [5, 5.41) is 19.8. The number of carbonyl (C=O) groups is 1. The van der Waals surface area contributed by atoms with Crippen LogP contribution < -0.4 is 10.1 Å². The second kappa shape index (κ2) is 8.66. The molecule has 1 aromatic carbocycles. The van der Waals surface area contributed by atoms with E-state index in [1.807, 2.05) is 6.92 Å². The fourth-order valence-electron chi connectivity index (χ4n) is 2.82. The molecule has 0 aliphatic carbocycles. The Morgan fingerprint density at radius 2 is 2.07 bits per heavy atom. The van der Waals surface area contributed by atoms with E-state index in [4.69, 9.17) is 26.9 Å². The van der Waals surface area contributed by atoms with Crippen LogP contribution in [0.1, 0.15) is 25.8 Å². The van der Waals surface area contributed by atoms with Crippen LogP contribution in [0.25, 0.3) is 10.9 Å². The molecule has 10 heteroatoms. The maximum absolute atomic E-state index is 13.2. The lowest BCUT2D eigenvalue weighted by Crippen LogP contribution is -2.22. The van der Waals surface area contributed by atoms with Crippen LogP contribution in [0.5, 0.6) is 5.75 Å². The van der Waals surface area contributed by atoms with Crippen molar-refractivity contribution in [3.8, 4) is 5.75 Å². The van der Waals surface area contributed by atoms with Crippen molar-refractivity contribution < 1.29 is 23.1 Å². The average molecular weight is 428 g/mol. The van der Waals surface area contributed by atoms with Crippen LogP contribution in [0.3, 0.4) is 0 Å². The van der Waals surface area contributed by atoms with E-state index in [1.54, 1.807) is 18.2 Å². The second-order valence-electron chi connectivity index (χ2n) is 5.98. The zero-order valence-corrected chi connectivity index (χ0v) is 17.3. The number of nitrogens with one attached hydrogen (secondary N) is 2. The van der Waals surface area contributed by atoms with Gasteiger partial charge in [-0.2, -0.15) is 0 Å². The van der Waals surface area contributed by atoms with Crippen LogP contribution in [0, 0.1) is 5.41 Å². The minimum absolute atomic E-state index is 0.145. The molecule has 0 unspecified atom stereocenters. The van der Waals surface area contributed by atoms with Gasteiger partial charge in [0.1, 0.15) is 15.8 Å². The van der Waals surface area contributed by atoms with Crippen LogP contribution in [-0.4, -0.2) is 42.8 Å². The highest BCUT2D eigenvalue weighted by atomic mass is 35.5. The number of aryl methyl sites for hydroxylation is 1. The van der Waals surface area contributed by atoms with Gasteiger partial charge in [-0.1, -0.05) is 11.6 Å². The second-order valence-corrected chi connectivity index (χ2v) is 8.11. The summed E-state index contributed by atoms with van der Waals surface area (Å²) in [6, 6.07) is 4.91. The number of ether oxygens (including phenoxy) is 1. The van der Waals surface area contributed by atoms with E-state index < -0.39 is 16.0 Å². The number of carboxylic acid groups (broad SMARTS) is 1. The average Bonchev–Trinajstić information content (AvgIpc) is 2.98. The smallest absolute Gasteiger partial charge is 0.303 e. The van der Waals surface area contributed by atoms with Crippen LogP contribution in [0.15, 0.2) is 34.5 Å². The maximum atomic E-state index is 13.2. The van der Waals surface area contributed by atoms with E-state index in [0.717, 1.165) is 3.97 Å². The van der Waals surface area contributed by atoms with Crippen LogP contribution in [0.2, 0.25) is 0 Å². The molecule has 0 saturated carbocycles. The summed E-state index contributed by atoms with van der Waals surface area (Å²) in [5.74, 6) is -0.437. The Labute approximate surface area is 168 Å². The molecule has 28 heavy (non-hydrogen) atoms. The standard InChI is InChI=1S/C18H22ClN3O5S/c1-4-27-13-6-7-15-14(9-13)12(5-8-16(23)24)10-22(15)28(25,26)17(11(2)20)18(19)21-3/h6-7,9-10,20-21H,4-5,8H2,1-3H3,(H,23,24)/b18-17+,20-11?. The zero-order valence-electron chi connectivity index (χ0n) is 15.7. The van der Waals surface area contributed by atoms with Gasteiger partial charge in [0, 0.05) is 25.1 Å². The molecule has 2 aromatic rings. The van der Waals surface area contributed by atoms with E-state index in [1.165, 1.54) is 20.2 Å². The van der Waals surface area contributed by atoms with Crippen molar-refractivity contribution in [1.82, 2.24) is 9.29 Å². The third-order valence-corrected chi connectivity index (χ3v) is 6.36. The molecule has 0 aliphatic heterocycles. The third-order valence-electron chi connectivity index (χ3n) is 4.02. The molecular weight excluding hydrogens is 406 g/mol. The van der Waals surface area contributed by atoms with E-state index in [0.29, 0.717) is 28.8 Å². The Balaban J connectivity index is 2.76. The van der Waals surface area contributed by atoms with Crippen molar-refractivity contribution in [1.29, 1.82) is 5.41 Å². The molecule has 0 aliphatic rings. The van der Waals surface area contributed by atoms with Gasteiger partial charge >= 0.3 is 5.97 Å². The predicted molar refractivity (Wildman–Crippen MR) is 109 cm³/mol. The van der Waals surface area contributed by atoms with Crippen molar-refractivity contribution in [2.45, 2.75) is 26.7 Å². The SMILES string of the molecule is CCOc1ccc2c(c1)c(CCC(=O)O)cn2S(=O)(=O)/C(C(C)=N)=C(\Cl)NC. The highest BCUT2D eigenvalue weighted by Gasteiger charge is 2.28. The molecule has 0 spiro atoms. The van der Waals surface area contributed by atoms with Crippen molar-refractivity contribution in [2.75, 3.05) is 13.7 Å². The first kappa shape index (κ1) is 21.8. The molecule has 2 rings (SSSR count). The molecule has 0 fully saturated rings. The molecule has 0 saturated heterocycles. The summed E-state index contributed by atoms with van der Waals surface area (Å²) in [7, 11) is -2.73. The van der Waals surface area contributed by atoms with Gasteiger partial charge in [-0.05, 0) is 44.0 Å². The number of aromatic nitrogens is 1. The van der Waals surface area contributed by atoms with E-state index >= 15 is 0 Å². The van der Waals surface area contributed by atoms with Gasteiger partial charge in [0.2, 0.25) is 0 Å².